The van der Waals surface area contributed by atoms with Crippen molar-refractivity contribution in [1.82, 2.24) is 0 Å². The molecule has 3 rings (SSSR count). The number of hydrogen-bond acceptors (Lipinski definition) is 4. The molecule has 138 valence electrons. The summed E-state index contributed by atoms with van der Waals surface area (Å²) in [7, 11) is 0. The van der Waals surface area contributed by atoms with Gasteiger partial charge in [-0.05, 0) is 71.2 Å². The molecule has 2 aromatic carbocycles. The number of benzene rings is 2. The monoisotopic (exact) mass is 483 g/mol. The summed E-state index contributed by atoms with van der Waals surface area (Å²) < 4.78 is 18.5. The molecular weight excluding hydrogens is 466 g/mol. The molecule has 0 spiro atoms. The van der Waals surface area contributed by atoms with E-state index in [0.717, 1.165) is 34.1 Å². The second-order valence-electron chi connectivity index (χ2n) is 5.88. The Morgan fingerprint density at radius 2 is 1.96 bits per heavy atom. The topological polar surface area (TPSA) is 56.8 Å². The van der Waals surface area contributed by atoms with Crippen molar-refractivity contribution in [2.45, 2.75) is 18.9 Å². The fraction of sp³-hybridized carbons (Fsp3) is 0.316. The van der Waals surface area contributed by atoms with E-state index in [2.05, 4.69) is 37.2 Å². The summed E-state index contributed by atoms with van der Waals surface area (Å²) in [6, 6.07) is 12.8. The van der Waals surface area contributed by atoms with Gasteiger partial charge in [0.1, 0.15) is 18.1 Å². The van der Waals surface area contributed by atoms with Crippen molar-refractivity contribution in [2.24, 2.45) is 0 Å². The first kappa shape index (κ1) is 19.2. The highest BCUT2D eigenvalue weighted by molar-refractivity contribution is 9.11. The van der Waals surface area contributed by atoms with E-state index in [0.29, 0.717) is 18.0 Å². The van der Waals surface area contributed by atoms with E-state index in [1.54, 1.807) is 18.2 Å². The quantitative estimate of drug-likeness (QED) is 0.614. The molecule has 7 heteroatoms. The summed E-state index contributed by atoms with van der Waals surface area (Å²) in [5, 5.41) is 2.80. The van der Waals surface area contributed by atoms with E-state index in [1.165, 1.54) is 0 Å². The van der Waals surface area contributed by atoms with Crippen LogP contribution in [0.3, 0.4) is 0 Å². The van der Waals surface area contributed by atoms with Gasteiger partial charge in [0.05, 0.1) is 10.6 Å². The molecule has 0 unspecified atom stereocenters. The Morgan fingerprint density at radius 3 is 2.65 bits per heavy atom. The fourth-order valence-electron chi connectivity index (χ4n) is 2.53. The maximum Gasteiger partial charge on any atom is 0.262 e. The third-order valence-corrected chi connectivity index (χ3v) is 4.96. The van der Waals surface area contributed by atoms with Crippen LogP contribution in [0.1, 0.15) is 12.8 Å². The molecule has 1 heterocycles. The van der Waals surface area contributed by atoms with Crippen molar-refractivity contribution in [3.63, 3.8) is 0 Å². The molecule has 0 bridgehead atoms. The lowest BCUT2D eigenvalue weighted by Crippen LogP contribution is -2.20. The predicted octanol–water partition coefficient (Wildman–Crippen LogP) is 4.79. The minimum atomic E-state index is -0.229. The molecule has 0 radical (unpaired) electrons. The molecule has 0 aliphatic carbocycles. The van der Waals surface area contributed by atoms with Gasteiger partial charge in [0.25, 0.3) is 5.91 Å². The van der Waals surface area contributed by atoms with Crippen LogP contribution in [-0.2, 0) is 9.53 Å². The normalized spacial score (nSPS) is 16.3. The molecule has 1 aliphatic heterocycles. The zero-order chi connectivity index (χ0) is 18.4. The SMILES string of the molecule is O=C(COc1ccc(Br)cc1Br)Nc1ccc(OC[C@@H]2CCCO2)cc1. The van der Waals surface area contributed by atoms with Crippen molar-refractivity contribution in [2.75, 3.05) is 25.1 Å². The Morgan fingerprint density at radius 1 is 1.15 bits per heavy atom. The molecule has 1 saturated heterocycles. The number of rotatable bonds is 7. The second-order valence-corrected chi connectivity index (χ2v) is 7.65. The molecule has 5 nitrogen and oxygen atoms in total. The number of halogens is 2. The first-order valence-corrected chi connectivity index (χ1v) is 9.91. The molecule has 1 amide bonds. The largest absolute Gasteiger partial charge is 0.491 e. The van der Waals surface area contributed by atoms with Gasteiger partial charge < -0.3 is 19.5 Å². The third-order valence-electron chi connectivity index (χ3n) is 3.85. The van der Waals surface area contributed by atoms with E-state index in [1.807, 2.05) is 24.3 Å². The van der Waals surface area contributed by atoms with Crippen molar-refractivity contribution >= 4 is 43.5 Å². The van der Waals surface area contributed by atoms with Crippen LogP contribution in [0.4, 0.5) is 5.69 Å². The van der Waals surface area contributed by atoms with E-state index in [4.69, 9.17) is 14.2 Å². The van der Waals surface area contributed by atoms with Crippen molar-refractivity contribution in [3.05, 3.63) is 51.4 Å². The molecule has 2 aromatic rings. The second kappa shape index (κ2) is 9.39. The molecule has 0 saturated carbocycles. The Balaban J connectivity index is 1.44. The van der Waals surface area contributed by atoms with Gasteiger partial charge in [-0.3, -0.25) is 4.79 Å². The van der Waals surface area contributed by atoms with Crippen LogP contribution in [0.5, 0.6) is 11.5 Å². The maximum absolute atomic E-state index is 12.0. The number of nitrogens with one attached hydrogen (secondary N) is 1. The van der Waals surface area contributed by atoms with Crippen LogP contribution in [0, 0.1) is 0 Å². The number of hydrogen-bond donors (Lipinski definition) is 1. The summed E-state index contributed by atoms with van der Waals surface area (Å²) in [6.07, 6.45) is 2.32. The number of carbonyl (C=O) groups excluding carboxylic acids is 1. The molecule has 26 heavy (non-hydrogen) atoms. The van der Waals surface area contributed by atoms with E-state index >= 15 is 0 Å². The minimum Gasteiger partial charge on any atom is -0.491 e. The van der Waals surface area contributed by atoms with E-state index < -0.39 is 0 Å². The lowest BCUT2D eigenvalue weighted by Gasteiger charge is -2.12. The summed E-state index contributed by atoms with van der Waals surface area (Å²) in [5.74, 6) is 1.14. The van der Waals surface area contributed by atoms with Crippen molar-refractivity contribution in [3.8, 4) is 11.5 Å². The highest BCUT2D eigenvalue weighted by Crippen LogP contribution is 2.28. The highest BCUT2D eigenvalue weighted by atomic mass is 79.9. The van der Waals surface area contributed by atoms with Gasteiger partial charge in [-0.15, -0.1) is 0 Å². The lowest BCUT2D eigenvalue weighted by molar-refractivity contribution is -0.118. The standard InChI is InChI=1S/C19H19Br2NO4/c20-13-3-8-18(17(21)10-13)26-12-19(23)22-14-4-6-15(7-5-14)25-11-16-2-1-9-24-16/h3-8,10,16H,1-2,9,11-12H2,(H,22,23)/t16-/m0/s1. The lowest BCUT2D eigenvalue weighted by atomic mass is 10.2. The first-order chi connectivity index (χ1) is 12.6. The molecule has 1 aliphatic rings. The first-order valence-electron chi connectivity index (χ1n) is 8.32. The van der Waals surface area contributed by atoms with Gasteiger partial charge in [0, 0.05) is 16.8 Å². The summed E-state index contributed by atoms with van der Waals surface area (Å²) >= 11 is 6.78. The zero-order valence-electron chi connectivity index (χ0n) is 14.0. The summed E-state index contributed by atoms with van der Waals surface area (Å²) in [5.41, 5.74) is 0.693. The number of carbonyl (C=O) groups is 1. The Bertz CT molecular complexity index is 746. The Labute approximate surface area is 169 Å². The van der Waals surface area contributed by atoms with E-state index in [9.17, 15) is 4.79 Å². The number of ether oxygens (including phenoxy) is 3. The van der Waals surface area contributed by atoms with Gasteiger partial charge in [-0.2, -0.15) is 0 Å². The van der Waals surface area contributed by atoms with Crippen LogP contribution in [0.2, 0.25) is 0 Å². The predicted molar refractivity (Wildman–Crippen MR) is 107 cm³/mol. The van der Waals surface area contributed by atoms with Crippen LogP contribution >= 0.6 is 31.9 Å². The van der Waals surface area contributed by atoms with Crippen LogP contribution in [-0.4, -0.2) is 31.8 Å². The van der Waals surface area contributed by atoms with E-state index in [-0.39, 0.29) is 18.6 Å². The van der Waals surface area contributed by atoms with Crippen molar-refractivity contribution < 1.29 is 19.0 Å². The zero-order valence-corrected chi connectivity index (χ0v) is 17.2. The molecule has 1 atom stereocenters. The smallest absolute Gasteiger partial charge is 0.262 e. The summed E-state index contributed by atoms with van der Waals surface area (Å²) in [6.45, 7) is 1.30. The van der Waals surface area contributed by atoms with Gasteiger partial charge in [0.2, 0.25) is 0 Å². The third kappa shape index (κ3) is 5.72. The van der Waals surface area contributed by atoms with Crippen LogP contribution in [0.15, 0.2) is 51.4 Å². The Hall–Kier alpha value is -1.57. The number of amides is 1. The molecular formula is C19H19Br2NO4. The summed E-state index contributed by atoms with van der Waals surface area (Å²) in [4.78, 5) is 12.0. The fourth-order valence-corrected chi connectivity index (χ4v) is 3.69. The average molecular weight is 485 g/mol. The van der Waals surface area contributed by atoms with Crippen LogP contribution in [0.25, 0.3) is 0 Å². The average Bonchev–Trinajstić information content (AvgIpc) is 3.14. The minimum absolute atomic E-state index is 0.0719. The van der Waals surface area contributed by atoms with Gasteiger partial charge >= 0.3 is 0 Å². The Kier molecular flexibility index (Phi) is 6.93. The number of anilines is 1. The van der Waals surface area contributed by atoms with Gasteiger partial charge in [-0.1, -0.05) is 15.9 Å². The molecule has 1 fully saturated rings. The maximum atomic E-state index is 12.0. The van der Waals surface area contributed by atoms with Gasteiger partial charge in [-0.25, -0.2) is 0 Å². The van der Waals surface area contributed by atoms with Crippen molar-refractivity contribution in [1.29, 1.82) is 0 Å². The molecule has 0 aromatic heterocycles. The van der Waals surface area contributed by atoms with Crippen LogP contribution < -0.4 is 14.8 Å². The highest BCUT2D eigenvalue weighted by Gasteiger charge is 2.16. The van der Waals surface area contributed by atoms with Gasteiger partial charge in [0.15, 0.2) is 6.61 Å². The molecule has 1 N–H and O–H groups in total.